The molecule has 0 amide bonds. The third-order valence-electron chi connectivity index (χ3n) is 3.25. The van der Waals surface area contributed by atoms with Gasteiger partial charge in [0.15, 0.2) is 5.13 Å². The van der Waals surface area contributed by atoms with Gasteiger partial charge in [-0.15, -0.1) is 11.3 Å². The summed E-state index contributed by atoms with van der Waals surface area (Å²) in [5.41, 5.74) is 5.61. The molecular weight excluding hydrogens is 220 g/mol. The van der Waals surface area contributed by atoms with Crippen molar-refractivity contribution in [3.8, 4) is 0 Å². The average Bonchev–Trinajstić information content (AvgIpc) is 2.83. The zero-order valence-electron chi connectivity index (χ0n) is 10.2. The Labute approximate surface area is 101 Å². The van der Waals surface area contributed by atoms with Crippen LogP contribution in [0.2, 0.25) is 0 Å². The highest BCUT2D eigenvalue weighted by molar-refractivity contribution is 7.15. The molecule has 1 aromatic rings. The van der Waals surface area contributed by atoms with E-state index in [1.165, 1.54) is 0 Å². The zero-order valence-corrected chi connectivity index (χ0v) is 11.0. The van der Waals surface area contributed by atoms with E-state index in [0.29, 0.717) is 18.5 Å². The summed E-state index contributed by atoms with van der Waals surface area (Å²) in [6.07, 6.45) is 1.90. The van der Waals surface area contributed by atoms with E-state index in [4.69, 9.17) is 5.73 Å². The first-order valence-corrected chi connectivity index (χ1v) is 6.49. The molecule has 0 aliphatic carbocycles. The van der Waals surface area contributed by atoms with Gasteiger partial charge in [0.1, 0.15) is 0 Å². The Morgan fingerprint density at radius 2 is 2.31 bits per heavy atom. The second-order valence-corrected chi connectivity index (χ2v) is 5.82. The Morgan fingerprint density at radius 1 is 1.56 bits per heavy atom. The van der Waals surface area contributed by atoms with Crippen molar-refractivity contribution >= 4 is 16.5 Å². The second kappa shape index (κ2) is 4.69. The lowest BCUT2D eigenvalue weighted by molar-refractivity contribution is 0.266. The van der Waals surface area contributed by atoms with Crippen LogP contribution in [0, 0.1) is 5.92 Å². The van der Waals surface area contributed by atoms with Gasteiger partial charge in [-0.25, -0.2) is 4.98 Å². The molecule has 2 N–H and O–H groups in total. The van der Waals surface area contributed by atoms with Crippen LogP contribution in [0.1, 0.15) is 11.8 Å². The molecule has 1 aromatic heterocycles. The van der Waals surface area contributed by atoms with Crippen LogP contribution in [0.5, 0.6) is 0 Å². The zero-order chi connectivity index (χ0) is 11.7. The Balaban J connectivity index is 2.07. The summed E-state index contributed by atoms with van der Waals surface area (Å²) in [5.74, 6) is 0.695. The predicted molar refractivity (Wildman–Crippen MR) is 68.9 cm³/mol. The highest BCUT2D eigenvalue weighted by Gasteiger charge is 2.32. The van der Waals surface area contributed by atoms with E-state index < -0.39 is 0 Å². The third-order valence-corrected chi connectivity index (χ3v) is 4.33. The van der Waals surface area contributed by atoms with Crippen molar-refractivity contribution in [1.82, 2.24) is 9.88 Å². The standard InChI is InChI=1S/C11H20N4S/c1-8-6-15(7-10(8)14(2)3)11-13-5-9(4-12)16-11/h5,8,10H,4,6-7,12H2,1-3H3. The fourth-order valence-corrected chi connectivity index (χ4v) is 3.12. The van der Waals surface area contributed by atoms with Crippen LogP contribution in [0.3, 0.4) is 0 Å². The molecule has 2 rings (SSSR count). The van der Waals surface area contributed by atoms with Crippen LogP contribution in [0.4, 0.5) is 5.13 Å². The van der Waals surface area contributed by atoms with Crippen LogP contribution in [0.15, 0.2) is 6.20 Å². The summed E-state index contributed by atoms with van der Waals surface area (Å²) in [5, 5.41) is 1.12. The minimum Gasteiger partial charge on any atom is -0.346 e. The van der Waals surface area contributed by atoms with Gasteiger partial charge in [0.25, 0.3) is 0 Å². The van der Waals surface area contributed by atoms with Crippen LogP contribution in [-0.4, -0.2) is 43.1 Å². The molecule has 2 atom stereocenters. The van der Waals surface area contributed by atoms with Gasteiger partial charge in [-0.3, -0.25) is 0 Å². The molecule has 1 saturated heterocycles. The normalized spacial score (nSPS) is 25.7. The van der Waals surface area contributed by atoms with Crippen LogP contribution < -0.4 is 10.6 Å². The lowest BCUT2D eigenvalue weighted by Gasteiger charge is -2.22. The summed E-state index contributed by atoms with van der Waals surface area (Å²) in [7, 11) is 4.30. The maximum atomic E-state index is 5.61. The van der Waals surface area contributed by atoms with E-state index in [1.54, 1.807) is 11.3 Å². The first kappa shape index (κ1) is 11.8. The van der Waals surface area contributed by atoms with Gasteiger partial charge in [0.05, 0.1) is 0 Å². The number of aromatic nitrogens is 1. The Bertz CT molecular complexity index is 350. The molecule has 0 radical (unpaired) electrons. The Kier molecular flexibility index (Phi) is 3.47. The average molecular weight is 240 g/mol. The smallest absolute Gasteiger partial charge is 0.185 e. The van der Waals surface area contributed by atoms with E-state index in [1.807, 2.05) is 6.20 Å². The lowest BCUT2D eigenvalue weighted by Crippen LogP contribution is -2.34. The molecule has 0 bridgehead atoms. The molecule has 90 valence electrons. The van der Waals surface area contributed by atoms with E-state index in [2.05, 4.69) is 35.8 Å². The van der Waals surface area contributed by atoms with E-state index >= 15 is 0 Å². The Hall–Kier alpha value is -0.650. The quantitative estimate of drug-likeness (QED) is 0.856. The van der Waals surface area contributed by atoms with Gasteiger partial charge in [-0.1, -0.05) is 6.92 Å². The minimum atomic E-state index is 0.595. The predicted octanol–water partition coefficient (Wildman–Crippen LogP) is 0.988. The van der Waals surface area contributed by atoms with E-state index in [9.17, 15) is 0 Å². The molecule has 1 aliphatic heterocycles. The molecule has 1 fully saturated rings. The fraction of sp³-hybridized carbons (Fsp3) is 0.727. The van der Waals surface area contributed by atoms with Crippen LogP contribution >= 0.6 is 11.3 Å². The van der Waals surface area contributed by atoms with Crippen molar-refractivity contribution in [2.45, 2.75) is 19.5 Å². The second-order valence-electron chi connectivity index (χ2n) is 4.73. The molecular formula is C11H20N4S. The van der Waals surface area contributed by atoms with Gasteiger partial charge in [0.2, 0.25) is 0 Å². The van der Waals surface area contributed by atoms with Crippen LogP contribution in [-0.2, 0) is 6.54 Å². The summed E-state index contributed by atoms with van der Waals surface area (Å²) in [6, 6.07) is 0.630. The van der Waals surface area contributed by atoms with Crippen molar-refractivity contribution in [1.29, 1.82) is 0 Å². The number of thiazole rings is 1. The third kappa shape index (κ3) is 2.21. The number of hydrogen-bond acceptors (Lipinski definition) is 5. The van der Waals surface area contributed by atoms with Gasteiger partial charge in [0, 0.05) is 36.8 Å². The van der Waals surface area contributed by atoms with Crippen LogP contribution in [0.25, 0.3) is 0 Å². The molecule has 4 nitrogen and oxygen atoms in total. The maximum absolute atomic E-state index is 5.61. The molecule has 0 saturated carbocycles. The minimum absolute atomic E-state index is 0.595. The number of hydrogen-bond donors (Lipinski definition) is 1. The van der Waals surface area contributed by atoms with Crippen molar-refractivity contribution in [3.63, 3.8) is 0 Å². The molecule has 16 heavy (non-hydrogen) atoms. The van der Waals surface area contributed by atoms with Crippen molar-refractivity contribution < 1.29 is 0 Å². The highest BCUT2D eigenvalue weighted by atomic mass is 32.1. The lowest BCUT2D eigenvalue weighted by atomic mass is 10.1. The van der Waals surface area contributed by atoms with Gasteiger partial charge in [-0.05, 0) is 20.0 Å². The molecule has 2 unspecified atom stereocenters. The van der Waals surface area contributed by atoms with Gasteiger partial charge in [-0.2, -0.15) is 0 Å². The molecule has 0 aromatic carbocycles. The summed E-state index contributed by atoms with van der Waals surface area (Å²) < 4.78 is 0. The van der Waals surface area contributed by atoms with Gasteiger partial charge >= 0.3 is 0 Å². The number of nitrogens with two attached hydrogens (primary N) is 1. The molecule has 5 heteroatoms. The summed E-state index contributed by atoms with van der Waals surface area (Å²) >= 11 is 1.72. The number of nitrogens with zero attached hydrogens (tertiary/aromatic N) is 3. The monoisotopic (exact) mass is 240 g/mol. The SMILES string of the molecule is CC1CN(c2ncc(CN)s2)CC1N(C)C. The fourth-order valence-electron chi connectivity index (χ4n) is 2.32. The molecule has 1 aliphatic rings. The Morgan fingerprint density at radius 3 is 2.81 bits per heavy atom. The summed E-state index contributed by atoms with van der Waals surface area (Å²) in [4.78, 5) is 10.3. The number of likely N-dealkylation sites (N-methyl/N-ethyl adjacent to an activating group) is 1. The first-order chi connectivity index (χ1) is 7.61. The van der Waals surface area contributed by atoms with Gasteiger partial charge < -0.3 is 15.5 Å². The number of anilines is 1. The van der Waals surface area contributed by atoms with Crippen molar-refractivity contribution in [3.05, 3.63) is 11.1 Å². The van der Waals surface area contributed by atoms with E-state index in [-0.39, 0.29) is 0 Å². The largest absolute Gasteiger partial charge is 0.346 e. The maximum Gasteiger partial charge on any atom is 0.185 e. The first-order valence-electron chi connectivity index (χ1n) is 5.68. The highest BCUT2D eigenvalue weighted by Crippen LogP contribution is 2.29. The van der Waals surface area contributed by atoms with E-state index in [0.717, 1.165) is 23.1 Å². The van der Waals surface area contributed by atoms with Crippen molar-refractivity contribution in [2.24, 2.45) is 11.7 Å². The summed E-state index contributed by atoms with van der Waals surface area (Å²) in [6.45, 7) is 5.08. The number of rotatable bonds is 3. The molecule has 0 spiro atoms. The molecule has 2 heterocycles. The topological polar surface area (TPSA) is 45.4 Å². The van der Waals surface area contributed by atoms with Crippen molar-refractivity contribution in [2.75, 3.05) is 32.1 Å².